The number of hydrogen-bond donors (Lipinski definition) is 0. The highest BCUT2D eigenvalue weighted by Gasteiger charge is 2.11. The van der Waals surface area contributed by atoms with Gasteiger partial charge in [-0.15, -0.1) is 11.6 Å². The van der Waals surface area contributed by atoms with Crippen molar-refractivity contribution >= 4 is 28.9 Å². The Labute approximate surface area is 130 Å². The van der Waals surface area contributed by atoms with Gasteiger partial charge in [0.25, 0.3) is 0 Å². The molecule has 0 radical (unpaired) electrons. The highest BCUT2D eigenvalue weighted by atomic mass is 35.5. The SMILES string of the molecule is CCN(Cc1cccc(C)n1)c1cc(Cl)ccc1CCl. The molecule has 1 aromatic heterocycles. The van der Waals surface area contributed by atoms with Gasteiger partial charge in [0.15, 0.2) is 0 Å². The van der Waals surface area contributed by atoms with Gasteiger partial charge in [0.05, 0.1) is 12.2 Å². The first kappa shape index (κ1) is 15.1. The molecule has 4 heteroatoms. The van der Waals surface area contributed by atoms with Crippen molar-refractivity contribution in [1.82, 2.24) is 4.98 Å². The predicted octanol–water partition coefficient (Wildman–Crippen LogP) is 4.81. The summed E-state index contributed by atoms with van der Waals surface area (Å²) in [6, 6.07) is 11.9. The smallest absolute Gasteiger partial charge is 0.0602 e. The van der Waals surface area contributed by atoms with Gasteiger partial charge >= 0.3 is 0 Å². The van der Waals surface area contributed by atoms with Crippen LogP contribution in [0.15, 0.2) is 36.4 Å². The fourth-order valence-electron chi connectivity index (χ4n) is 2.19. The third kappa shape index (κ3) is 3.65. The average molecular weight is 309 g/mol. The quantitative estimate of drug-likeness (QED) is 0.737. The first-order valence-corrected chi connectivity index (χ1v) is 7.57. The van der Waals surface area contributed by atoms with Crippen molar-refractivity contribution in [1.29, 1.82) is 0 Å². The summed E-state index contributed by atoms with van der Waals surface area (Å²) in [4.78, 5) is 6.80. The minimum absolute atomic E-state index is 0.476. The number of aryl methyl sites for hydroxylation is 1. The Balaban J connectivity index is 2.30. The minimum Gasteiger partial charge on any atom is -0.366 e. The van der Waals surface area contributed by atoms with E-state index >= 15 is 0 Å². The first-order valence-electron chi connectivity index (χ1n) is 6.66. The number of anilines is 1. The van der Waals surface area contributed by atoms with Crippen LogP contribution < -0.4 is 4.90 Å². The molecule has 0 spiro atoms. The highest BCUT2D eigenvalue weighted by molar-refractivity contribution is 6.31. The molecule has 0 aliphatic carbocycles. The van der Waals surface area contributed by atoms with Crippen LogP contribution in [0, 0.1) is 6.92 Å². The van der Waals surface area contributed by atoms with Crippen LogP contribution in [-0.4, -0.2) is 11.5 Å². The Morgan fingerprint density at radius 3 is 2.65 bits per heavy atom. The minimum atomic E-state index is 0.476. The van der Waals surface area contributed by atoms with Gasteiger partial charge in [-0.3, -0.25) is 4.98 Å². The molecule has 1 heterocycles. The summed E-state index contributed by atoms with van der Waals surface area (Å²) in [5.74, 6) is 0.476. The van der Waals surface area contributed by atoms with Crippen LogP contribution in [0.2, 0.25) is 5.02 Å². The summed E-state index contributed by atoms with van der Waals surface area (Å²) in [7, 11) is 0. The Kier molecular flexibility index (Phi) is 5.27. The number of pyridine rings is 1. The molecule has 1 aromatic carbocycles. The van der Waals surface area contributed by atoms with E-state index in [0.29, 0.717) is 5.88 Å². The third-order valence-corrected chi connectivity index (χ3v) is 3.74. The lowest BCUT2D eigenvalue weighted by molar-refractivity contribution is 0.802. The topological polar surface area (TPSA) is 16.1 Å². The second kappa shape index (κ2) is 6.96. The van der Waals surface area contributed by atoms with Crippen molar-refractivity contribution in [2.45, 2.75) is 26.3 Å². The fraction of sp³-hybridized carbons (Fsp3) is 0.312. The molecule has 0 saturated heterocycles. The van der Waals surface area contributed by atoms with E-state index < -0.39 is 0 Å². The largest absolute Gasteiger partial charge is 0.366 e. The van der Waals surface area contributed by atoms with Crippen LogP contribution in [0.5, 0.6) is 0 Å². The zero-order valence-electron chi connectivity index (χ0n) is 11.7. The molecular weight excluding hydrogens is 291 g/mol. The number of benzene rings is 1. The summed E-state index contributed by atoms with van der Waals surface area (Å²) in [5.41, 5.74) is 4.25. The maximum Gasteiger partial charge on any atom is 0.0602 e. The average Bonchev–Trinajstić information content (AvgIpc) is 2.45. The Morgan fingerprint density at radius 1 is 1.20 bits per heavy atom. The van der Waals surface area contributed by atoms with Crippen LogP contribution in [-0.2, 0) is 12.4 Å². The number of hydrogen-bond acceptors (Lipinski definition) is 2. The maximum atomic E-state index is 6.12. The monoisotopic (exact) mass is 308 g/mol. The van der Waals surface area contributed by atoms with Crippen LogP contribution in [0.1, 0.15) is 23.9 Å². The van der Waals surface area contributed by atoms with Gasteiger partial charge in [-0.2, -0.15) is 0 Å². The summed E-state index contributed by atoms with van der Waals surface area (Å²) < 4.78 is 0. The molecule has 2 nitrogen and oxygen atoms in total. The first-order chi connectivity index (χ1) is 9.63. The second-order valence-electron chi connectivity index (χ2n) is 4.69. The van der Waals surface area contributed by atoms with E-state index in [-0.39, 0.29) is 0 Å². The van der Waals surface area contributed by atoms with E-state index in [1.807, 2.05) is 43.3 Å². The van der Waals surface area contributed by atoms with E-state index in [1.54, 1.807) is 0 Å². The maximum absolute atomic E-state index is 6.12. The van der Waals surface area contributed by atoms with E-state index in [0.717, 1.165) is 40.8 Å². The lowest BCUT2D eigenvalue weighted by atomic mass is 10.1. The van der Waals surface area contributed by atoms with Crippen molar-refractivity contribution in [2.75, 3.05) is 11.4 Å². The normalized spacial score (nSPS) is 10.6. The van der Waals surface area contributed by atoms with Crippen molar-refractivity contribution in [3.63, 3.8) is 0 Å². The molecule has 20 heavy (non-hydrogen) atoms. The molecule has 0 aliphatic heterocycles. The lowest BCUT2D eigenvalue weighted by Gasteiger charge is -2.25. The standard InChI is InChI=1S/C16H18Cl2N2/c1-3-20(11-15-6-4-5-12(2)19-15)16-9-14(18)8-7-13(16)10-17/h4-9H,3,10-11H2,1-2H3. The van der Waals surface area contributed by atoms with Gasteiger partial charge in [0.2, 0.25) is 0 Å². The number of aromatic nitrogens is 1. The lowest BCUT2D eigenvalue weighted by Crippen LogP contribution is -2.23. The molecule has 0 bridgehead atoms. The van der Waals surface area contributed by atoms with Gasteiger partial charge in [0.1, 0.15) is 0 Å². The molecule has 0 atom stereocenters. The van der Waals surface area contributed by atoms with Crippen LogP contribution in [0.25, 0.3) is 0 Å². The van der Waals surface area contributed by atoms with E-state index in [2.05, 4.69) is 16.8 Å². The van der Waals surface area contributed by atoms with Crippen LogP contribution in [0.3, 0.4) is 0 Å². The van der Waals surface area contributed by atoms with Crippen molar-refractivity contribution in [2.24, 2.45) is 0 Å². The summed E-state index contributed by atoms with van der Waals surface area (Å²) >= 11 is 12.1. The number of rotatable bonds is 5. The van der Waals surface area contributed by atoms with Gasteiger partial charge in [0, 0.05) is 28.8 Å². The molecular formula is C16H18Cl2N2. The van der Waals surface area contributed by atoms with Gasteiger partial charge in [-0.25, -0.2) is 0 Å². The molecule has 0 saturated carbocycles. The molecule has 2 aromatic rings. The highest BCUT2D eigenvalue weighted by Crippen LogP contribution is 2.27. The predicted molar refractivity (Wildman–Crippen MR) is 86.7 cm³/mol. The second-order valence-corrected chi connectivity index (χ2v) is 5.39. The van der Waals surface area contributed by atoms with E-state index in [9.17, 15) is 0 Å². The van der Waals surface area contributed by atoms with Crippen LogP contribution in [0.4, 0.5) is 5.69 Å². The van der Waals surface area contributed by atoms with Crippen molar-refractivity contribution in [3.05, 3.63) is 58.4 Å². The molecule has 2 rings (SSSR count). The number of nitrogens with zero attached hydrogens (tertiary/aromatic N) is 2. The third-order valence-electron chi connectivity index (χ3n) is 3.21. The number of halogens is 2. The number of alkyl halides is 1. The summed E-state index contributed by atoms with van der Waals surface area (Å²) in [6.45, 7) is 5.75. The Bertz CT molecular complexity index is 584. The van der Waals surface area contributed by atoms with Gasteiger partial charge < -0.3 is 4.90 Å². The zero-order chi connectivity index (χ0) is 14.5. The molecule has 106 valence electrons. The van der Waals surface area contributed by atoms with Crippen molar-refractivity contribution < 1.29 is 0 Å². The zero-order valence-corrected chi connectivity index (χ0v) is 13.2. The Morgan fingerprint density at radius 2 is 2.00 bits per heavy atom. The van der Waals surface area contributed by atoms with Crippen molar-refractivity contribution in [3.8, 4) is 0 Å². The molecule has 0 aliphatic rings. The van der Waals surface area contributed by atoms with E-state index in [4.69, 9.17) is 23.2 Å². The molecule has 0 fully saturated rings. The van der Waals surface area contributed by atoms with E-state index in [1.165, 1.54) is 0 Å². The molecule has 0 N–H and O–H groups in total. The summed E-state index contributed by atoms with van der Waals surface area (Å²) in [5, 5.41) is 0.726. The van der Waals surface area contributed by atoms with Gasteiger partial charge in [-0.05, 0) is 43.7 Å². The van der Waals surface area contributed by atoms with Crippen LogP contribution >= 0.6 is 23.2 Å². The summed E-state index contributed by atoms with van der Waals surface area (Å²) in [6.07, 6.45) is 0. The Hall–Kier alpha value is -1.25. The fourth-order valence-corrected chi connectivity index (χ4v) is 2.59. The molecule has 0 unspecified atom stereocenters. The molecule has 0 amide bonds. The van der Waals surface area contributed by atoms with Gasteiger partial charge in [-0.1, -0.05) is 23.7 Å².